The number of benzene rings is 1. The van der Waals surface area contributed by atoms with Crippen LogP contribution >= 0.6 is 15.9 Å². The van der Waals surface area contributed by atoms with Gasteiger partial charge in [-0.2, -0.15) is 0 Å². The number of hydrogen-bond acceptors (Lipinski definition) is 2. The van der Waals surface area contributed by atoms with Gasteiger partial charge < -0.3 is 10.4 Å². The zero-order valence-corrected chi connectivity index (χ0v) is 14.2. The molecule has 1 aromatic rings. The Morgan fingerprint density at radius 3 is 2.67 bits per heavy atom. The number of carboxylic acid groups (broad SMARTS) is 1. The molecule has 1 aliphatic carbocycles. The third kappa shape index (κ3) is 4.10. The lowest BCUT2D eigenvalue weighted by atomic mass is 10.0. The van der Waals surface area contributed by atoms with E-state index in [1.807, 2.05) is 19.1 Å². The summed E-state index contributed by atoms with van der Waals surface area (Å²) in [5.41, 5.74) is 3.23. The van der Waals surface area contributed by atoms with Crippen molar-refractivity contribution in [2.45, 2.75) is 52.0 Å². The van der Waals surface area contributed by atoms with Crippen molar-refractivity contribution in [1.29, 1.82) is 0 Å². The average molecular weight is 352 g/mol. The largest absolute Gasteiger partial charge is 0.478 e. The van der Waals surface area contributed by atoms with Gasteiger partial charge in [-0.1, -0.05) is 47.3 Å². The Morgan fingerprint density at radius 1 is 1.43 bits per heavy atom. The molecule has 1 saturated carbocycles. The van der Waals surface area contributed by atoms with Crippen molar-refractivity contribution < 1.29 is 9.90 Å². The maximum absolute atomic E-state index is 11.6. The van der Waals surface area contributed by atoms with Crippen LogP contribution in [-0.4, -0.2) is 17.1 Å². The van der Waals surface area contributed by atoms with E-state index in [9.17, 15) is 9.90 Å². The van der Waals surface area contributed by atoms with Crippen LogP contribution in [0.25, 0.3) is 6.08 Å². The minimum atomic E-state index is -0.888. The van der Waals surface area contributed by atoms with E-state index in [4.69, 9.17) is 0 Å². The Labute approximate surface area is 134 Å². The van der Waals surface area contributed by atoms with Crippen molar-refractivity contribution in [3.63, 3.8) is 0 Å². The molecule has 2 rings (SSSR count). The highest BCUT2D eigenvalue weighted by molar-refractivity contribution is 9.10. The molecule has 1 aromatic carbocycles. The predicted octanol–water partition coefficient (Wildman–Crippen LogP) is 5.32. The van der Waals surface area contributed by atoms with Crippen molar-refractivity contribution >= 4 is 33.7 Å². The normalized spacial score (nSPS) is 16.2. The lowest BCUT2D eigenvalue weighted by Crippen LogP contribution is -2.16. The lowest BCUT2D eigenvalue weighted by molar-refractivity contribution is 0.0696. The number of hydrogen-bond donors (Lipinski definition) is 2. The van der Waals surface area contributed by atoms with Gasteiger partial charge in [-0.25, -0.2) is 4.79 Å². The van der Waals surface area contributed by atoms with E-state index < -0.39 is 5.97 Å². The number of carboxylic acids is 1. The second kappa shape index (κ2) is 7.12. The first-order chi connectivity index (χ1) is 10.0. The van der Waals surface area contributed by atoms with E-state index in [2.05, 4.69) is 28.2 Å². The SMILES string of the molecule is CCC(C)=Cc1c(NC2CCCC2)cc(Br)cc1C(=O)O. The molecule has 1 aliphatic rings. The topological polar surface area (TPSA) is 49.3 Å². The van der Waals surface area contributed by atoms with Gasteiger partial charge >= 0.3 is 5.97 Å². The van der Waals surface area contributed by atoms with Crippen LogP contribution in [0.15, 0.2) is 22.2 Å². The number of allylic oxidation sites excluding steroid dienone is 1. The van der Waals surface area contributed by atoms with E-state index in [-0.39, 0.29) is 0 Å². The molecule has 114 valence electrons. The second-order valence-corrected chi connectivity index (χ2v) is 6.61. The quantitative estimate of drug-likeness (QED) is 0.754. The van der Waals surface area contributed by atoms with Crippen LogP contribution in [0.4, 0.5) is 5.69 Å². The zero-order valence-electron chi connectivity index (χ0n) is 12.6. The predicted molar refractivity (Wildman–Crippen MR) is 90.9 cm³/mol. The first kappa shape index (κ1) is 16.1. The van der Waals surface area contributed by atoms with E-state index in [0.29, 0.717) is 11.6 Å². The number of nitrogens with one attached hydrogen (secondary N) is 1. The maximum atomic E-state index is 11.6. The van der Waals surface area contributed by atoms with Gasteiger partial charge in [-0.05, 0) is 38.3 Å². The summed E-state index contributed by atoms with van der Waals surface area (Å²) in [5, 5.41) is 13.0. The van der Waals surface area contributed by atoms with E-state index in [1.165, 1.54) is 18.4 Å². The Hall–Kier alpha value is -1.29. The number of anilines is 1. The van der Waals surface area contributed by atoms with Gasteiger partial charge in [0.05, 0.1) is 5.56 Å². The Balaban J connectivity index is 2.46. The molecule has 0 saturated heterocycles. The van der Waals surface area contributed by atoms with E-state index >= 15 is 0 Å². The van der Waals surface area contributed by atoms with Crippen molar-refractivity contribution in [3.05, 3.63) is 33.3 Å². The van der Waals surface area contributed by atoms with Gasteiger partial charge in [0.1, 0.15) is 0 Å². The summed E-state index contributed by atoms with van der Waals surface area (Å²) in [6, 6.07) is 4.12. The molecule has 21 heavy (non-hydrogen) atoms. The summed E-state index contributed by atoms with van der Waals surface area (Å²) in [6.45, 7) is 4.11. The second-order valence-electron chi connectivity index (χ2n) is 5.69. The first-order valence-corrected chi connectivity index (χ1v) is 8.31. The molecule has 4 heteroatoms. The van der Waals surface area contributed by atoms with Crippen molar-refractivity contribution in [1.82, 2.24) is 0 Å². The monoisotopic (exact) mass is 351 g/mol. The van der Waals surface area contributed by atoms with E-state index in [1.54, 1.807) is 6.07 Å². The van der Waals surface area contributed by atoms with Crippen LogP contribution < -0.4 is 5.32 Å². The van der Waals surface area contributed by atoms with Gasteiger partial charge in [0.15, 0.2) is 0 Å². The van der Waals surface area contributed by atoms with Gasteiger partial charge in [-0.3, -0.25) is 0 Å². The zero-order chi connectivity index (χ0) is 15.4. The summed E-state index contributed by atoms with van der Waals surface area (Å²) in [7, 11) is 0. The molecule has 0 aromatic heterocycles. The number of aromatic carboxylic acids is 1. The molecule has 0 aliphatic heterocycles. The minimum Gasteiger partial charge on any atom is -0.478 e. The molecule has 0 unspecified atom stereocenters. The number of carbonyl (C=O) groups is 1. The van der Waals surface area contributed by atoms with Gasteiger partial charge in [0.2, 0.25) is 0 Å². The van der Waals surface area contributed by atoms with Crippen LogP contribution in [-0.2, 0) is 0 Å². The number of halogens is 1. The smallest absolute Gasteiger partial charge is 0.336 e. The molecule has 1 fully saturated rings. The molecular formula is C17H22BrNO2. The molecule has 0 amide bonds. The van der Waals surface area contributed by atoms with Gasteiger partial charge in [-0.15, -0.1) is 0 Å². The van der Waals surface area contributed by atoms with Crippen LogP contribution in [0.2, 0.25) is 0 Å². The van der Waals surface area contributed by atoms with Crippen LogP contribution in [0.5, 0.6) is 0 Å². The Morgan fingerprint density at radius 2 is 2.10 bits per heavy atom. The third-order valence-corrected chi connectivity index (χ3v) is 4.50. The molecule has 0 spiro atoms. The Kier molecular flexibility index (Phi) is 5.45. The fraction of sp³-hybridized carbons (Fsp3) is 0.471. The highest BCUT2D eigenvalue weighted by Crippen LogP contribution is 2.31. The minimum absolute atomic E-state index is 0.345. The molecule has 3 nitrogen and oxygen atoms in total. The third-order valence-electron chi connectivity index (χ3n) is 4.04. The highest BCUT2D eigenvalue weighted by atomic mass is 79.9. The van der Waals surface area contributed by atoms with Gasteiger partial charge in [0.25, 0.3) is 0 Å². The molecular weight excluding hydrogens is 330 g/mol. The van der Waals surface area contributed by atoms with Crippen molar-refractivity contribution in [3.8, 4) is 0 Å². The molecule has 0 atom stereocenters. The van der Waals surface area contributed by atoms with Crippen LogP contribution in [0.1, 0.15) is 61.9 Å². The average Bonchev–Trinajstić information content (AvgIpc) is 2.93. The fourth-order valence-electron chi connectivity index (χ4n) is 2.71. The number of rotatable bonds is 5. The summed E-state index contributed by atoms with van der Waals surface area (Å²) in [4.78, 5) is 11.6. The lowest BCUT2D eigenvalue weighted by Gasteiger charge is -2.18. The van der Waals surface area contributed by atoms with Crippen LogP contribution in [0, 0.1) is 0 Å². The van der Waals surface area contributed by atoms with Gasteiger partial charge in [0, 0.05) is 21.8 Å². The maximum Gasteiger partial charge on any atom is 0.336 e. The summed E-state index contributed by atoms with van der Waals surface area (Å²) >= 11 is 3.42. The van der Waals surface area contributed by atoms with Crippen LogP contribution in [0.3, 0.4) is 0 Å². The summed E-state index contributed by atoms with van der Waals surface area (Å²) < 4.78 is 0.798. The van der Waals surface area contributed by atoms with Crippen molar-refractivity contribution in [2.75, 3.05) is 5.32 Å². The summed E-state index contributed by atoms with van der Waals surface area (Å²) in [6.07, 6.45) is 7.72. The highest BCUT2D eigenvalue weighted by Gasteiger charge is 2.19. The van der Waals surface area contributed by atoms with Crippen molar-refractivity contribution in [2.24, 2.45) is 0 Å². The standard InChI is InChI=1S/C17H22BrNO2/c1-3-11(2)8-14-15(17(20)21)9-12(18)10-16(14)19-13-6-4-5-7-13/h8-10,13,19H,3-7H2,1-2H3,(H,20,21). The molecule has 0 bridgehead atoms. The molecule has 2 N–H and O–H groups in total. The molecule has 0 radical (unpaired) electrons. The molecule has 0 heterocycles. The summed E-state index contributed by atoms with van der Waals surface area (Å²) in [5.74, 6) is -0.888. The Bertz CT molecular complexity index is 560. The fourth-order valence-corrected chi connectivity index (χ4v) is 3.17. The first-order valence-electron chi connectivity index (χ1n) is 7.51. The van der Waals surface area contributed by atoms with E-state index in [0.717, 1.165) is 35.0 Å².